The summed E-state index contributed by atoms with van der Waals surface area (Å²) in [6.45, 7) is 4.53. The molecule has 1 saturated heterocycles. The third-order valence-electron chi connectivity index (χ3n) is 7.27. The van der Waals surface area contributed by atoms with Gasteiger partial charge in [0.15, 0.2) is 5.11 Å². The number of benzene rings is 1. The Morgan fingerprint density at radius 1 is 1.11 bits per heavy atom. The quantitative estimate of drug-likeness (QED) is 0.372. The van der Waals surface area contributed by atoms with Gasteiger partial charge in [-0.05, 0) is 67.4 Å². The fourth-order valence-corrected chi connectivity index (χ4v) is 6.40. The van der Waals surface area contributed by atoms with Crippen LogP contribution in [0.2, 0.25) is 4.34 Å². The number of hydrogen-bond donors (Lipinski definition) is 2. The number of nitrogens with zero attached hydrogens (tertiary/aromatic N) is 4. The summed E-state index contributed by atoms with van der Waals surface area (Å²) in [7, 11) is 0. The van der Waals surface area contributed by atoms with E-state index in [-0.39, 0.29) is 5.91 Å². The van der Waals surface area contributed by atoms with Crippen molar-refractivity contribution in [2.75, 3.05) is 42.5 Å². The SMILES string of the molecule is O=C(c1ccc(Cl)s1)N1CCN(c2ccc(N(Cc3cnc[nH]3)C(=S)NCC3CCCCC3)cc2)CC1. The van der Waals surface area contributed by atoms with Crippen molar-refractivity contribution in [3.63, 3.8) is 0 Å². The molecule has 0 atom stereocenters. The summed E-state index contributed by atoms with van der Waals surface area (Å²) in [5.41, 5.74) is 3.21. The number of amides is 1. The van der Waals surface area contributed by atoms with Gasteiger partial charge in [0.25, 0.3) is 5.91 Å². The van der Waals surface area contributed by atoms with E-state index in [0.717, 1.165) is 41.8 Å². The summed E-state index contributed by atoms with van der Waals surface area (Å²) in [5, 5.41) is 4.28. The molecule has 2 aromatic heterocycles. The van der Waals surface area contributed by atoms with E-state index in [1.54, 1.807) is 12.4 Å². The Labute approximate surface area is 232 Å². The first kappa shape index (κ1) is 26.0. The lowest BCUT2D eigenvalue weighted by molar-refractivity contribution is 0.0751. The van der Waals surface area contributed by atoms with Crippen LogP contribution < -0.4 is 15.1 Å². The molecular weight excluding hydrogens is 524 g/mol. The first-order valence-electron chi connectivity index (χ1n) is 13.0. The highest BCUT2D eigenvalue weighted by Gasteiger charge is 2.24. The first-order chi connectivity index (χ1) is 18.1. The number of hydrogen-bond acceptors (Lipinski definition) is 5. The molecule has 5 rings (SSSR count). The molecule has 3 aromatic rings. The van der Waals surface area contributed by atoms with E-state index in [4.69, 9.17) is 23.8 Å². The molecule has 0 bridgehead atoms. The molecule has 0 unspecified atom stereocenters. The van der Waals surface area contributed by atoms with Crippen molar-refractivity contribution < 1.29 is 4.79 Å². The number of aromatic nitrogens is 2. The maximum Gasteiger partial charge on any atom is 0.264 e. The van der Waals surface area contributed by atoms with Crippen LogP contribution in [-0.2, 0) is 6.54 Å². The number of carbonyl (C=O) groups is 1. The number of imidazole rings is 1. The predicted octanol–water partition coefficient (Wildman–Crippen LogP) is 5.55. The third-order valence-corrected chi connectivity index (χ3v) is 8.86. The number of thiocarbonyl (C=S) groups is 1. The molecular formula is C27H33ClN6OS2. The summed E-state index contributed by atoms with van der Waals surface area (Å²) < 4.78 is 0.646. The molecule has 10 heteroatoms. The highest BCUT2D eigenvalue weighted by Crippen LogP contribution is 2.27. The highest BCUT2D eigenvalue weighted by atomic mass is 35.5. The van der Waals surface area contributed by atoms with Gasteiger partial charge in [0.2, 0.25) is 0 Å². The summed E-state index contributed by atoms with van der Waals surface area (Å²) in [4.78, 5) is 27.2. The van der Waals surface area contributed by atoms with Crippen LogP contribution in [0.15, 0.2) is 48.9 Å². The van der Waals surface area contributed by atoms with Crippen LogP contribution in [0, 0.1) is 5.92 Å². The van der Waals surface area contributed by atoms with Crippen LogP contribution in [0.25, 0.3) is 0 Å². The third kappa shape index (κ3) is 6.64. The normalized spacial score (nSPS) is 16.6. The standard InChI is InChI=1S/C27H33ClN6OS2/c28-25-11-10-24(37-25)26(35)33-14-12-32(13-15-33)22-6-8-23(9-7-22)34(18-21-17-29-19-31-21)27(36)30-16-20-4-2-1-3-5-20/h6-11,17,19-20H,1-5,12-16,18H2,(H,29,31)(H,30,36). The molecule has 2 N–H and O–H groups in total. The van der Waals surface area contributed by atoms with E-state index in [1.165, 1.54) is 43.4 Å². The number of rotatable bonds is 7. The van der Waals surface area contributed by atoms with Crippen LogP contribution >= 0.6 is 35.2 Å². The Morgan fingerprint density at radius 3 is 2.51 bits per heavy atom. The van der Waals surface area contributed by atoms with Gasteiger partial charge in [0, 0.05) is 50.3 Å². The molecule has 2 fully saturated rings. The average molecular weight is 557 g/mol. The monoisotopic (exact) mass is 556 g/mol. The summed E-state index contributed by atoms with van der Waals surface area (Å²) in [6, 6.07) is 12.1. The minimum atomic E-state index is 0.0654. The van der Waals surface area contributed by atoms with Gasteiger partial charge in [-0.15, -0.1) is 11.3 Å². The molecule has 0 spiro atoms. The molecule has 1 aromatic carbocycles. The number of nitrogens with one attached hydrogen (secondary N) is 2. The highest BCUT2D eigenvalue weighted by molar-refractivity contribution is 7.80. The zero-order valence-corrected chi connectivity index (χ0v) is 23.3. The van der Waals surface area contributed by atoms with E-state index < -0.39 is 0 Å². The van der Waals surface area contributed by atoms with Gasteiger partial charge in [-0.25, -0.2) is 4.98 Å². The Morgan fingerprint density at radius 2 is 1.86 bits per heavy atom. The van der Waals surface area contributed by atoms with Gasteiger partial charge >= 0.3 is 0 Å². The Kier molecular flexibility index (Phi) is 8.63. The predicted molar refractivity (Wildman–Crippen MR) is 156 cm³/mol. The van der Waals surface area contributed by atoms with Gasteiger partial charge < -0.3 is 25.0 Å². The van der Waals surface area contributed by atoms with Crippen molar-refractivity contribution in [3.8, 4) is 0 Å². The minimum Gasteiger partial charge on any atom is -0.368 e. The minimum absolute atomic E-state index is 0.0654. The van der Waals surface area contributed by atoms with Crippen LogP contribution in [-0.4, -0.2) is 58.6 Å². The van der Waals surface area contributed by atoms with Gasteiger partial charge in [-0.2, -0.15) is 0 Å². The van der Waals surface area contributed by atoms with E-state index >= 15 is 0 Å². The van der Waals surface area contributed by atoms with Gasteiger partial charge in [-0.1, -0.05) is 30.9 Å². The number of thiophene rings is 1. The maximum atomic E-state index is 12.8. The number of aromatic amines is 1. The Bertz CT molecular complexity index is 1170. The molecule has 3 heterocycles. The first-order valence-corrected chi connectivity index (χ1v) is 14.6. The van der Waals surface area contributed by atoms with Crippen LogP contribution in [0.3, 0.4) is 0 Å². The molecule has 1 aliphatic carbocycles. The van der Waals surface area contributed by atoms with E-state index in [2.05, 4.69) is 49.4 Å². The van der Waals surface area contributed by atoms with E-state index in [0.29, 0.717) is 34.8 Å². The molecule has 0 radical (unpaired) electrons. The van der Waals surface area contributed by atoms with Crippen LogP contribution in [0.5, 0.6) is 0 Å². The lowest BCUT2D eigenvalue weighted by Gasteiger charge is -2.36. The van der Waals surface area contributed by atoms with Gasteiger partial charge in [0.05, 0.1) is 27.8 Å². The van der Waals surface area contributed by atoms with Crippen molar-refractivity contribution in [1.82, 2.24) is 20.2 Å². The van der Waals surface area contributed by atoms with Crippen molar-refractivity contribution >= 4 is 57.5 Å². The van der Waals surface area contributed by atoms with Crippen molar-refractivity contribution in [2.45, 2.75) is 38.6 Å². The molecule has 1 saturated carbocycles. The fraction of sp³-hybridized carbons (Fsp3) is 0.444. The largest absolute Gasteiger partial charge is 0.368 e. The average Bonchev–Trinajstić information content (AvgIpc) is 3.63. The molecule has 7 nitrogen and oxygen atoms in total. The van der Waals surface area contributed by atoms with Crippen molar-refractivity contribution in [1.29, 1.82) is 0 Å². The number of carbonyl (C=O) groups excluding carboxylic acids is 1. The zero-order chi connectivity index (χ0) is 25.6. The molecule has 2 aliphatic rings. The smallest absolute Gasteiger partial charge is 0.264 e. The number of H-pyrrole nitrogens is 1. The molecule has 37 heavy (non-hydrogen) atoms. The van der Waals surface area contributed by atoms with Crippen LogP contribution in [0.4, 0.5) is 11.4 Å². The van der Waals surface area contributed by atoms with Crippen molar-refractivity contribution in [2.24, 2.45) is 5.92 Å². The zero-order valence-electron chi connectivity index (χ0n) is 20.9. The second kappa shape index (κ2) is 12.3. The van der Waals surface area contributed by atoms with E-state index in [1.807, 2.05) is 17.2 Å². The van der Waals surface area contributed by atoms with Gasteiger partial charge in [-0.3, -0.25) is 4.79 Å². The Hall–Kier alpha value is -2.62. The fourth-order valence-electron chi connectivity index (χ4n) is 5.14. The molecule has 1 amide bonds. The Balaban J connectivity index is 1.21. The second-order valence-electron chi connectivity index (χ2n) is 9.75. The van der Waals surface area contributed by atoms with E-state index in [9.17, 15) is 4.79 Å². The van der Waals surface area contributed by atoms with Crippen molar-refractivity contribution in [3.05, 3.63) is 63.8 Å². The topological polar surface area (TPSA) is 67.5 Å². The lowest BCUT2D eigenvalue weighted by atomic mass is 9.89. The molecule has 196 valence electrons. The number of halogens is 1. The maximum absolute atomic E-state index is 12.8. The van der Waals surface area contributed by atoms with Gasteiger partial charge in [0.1, 0.15) is 0 Å². The van der Waals surface area contributed by atoms with Crippen LogP contribution in [0.1, 0.15) is 47.5 Å². The number of piperazine rings is 1. The number of anilines is 2. The summed E-state index contributed by atoms with van der Waals surface area (Å²) >= 11 is 13.2. The lowest BCUT2D eigenvalue weighted by Crippen LogP contribution is -2.48. The second-order valence-corrected chi connectivity index (χ2v) is 11.9. The summed E-state index contributed by atoms with van der Waals surface area (Å²) in [5.74, 6) is 0.765. The summed E-state index contributed by atoms with van der Waals surface area (Å²) in [6.07, 6.45) is 10.1. The molecule has 1 aliphatic heterocycles.